The number of hydrogen-bond donors (Lipinski definition) is 2. The summed E-state index contributed by atoms with van der Waals surface area (Å²) in [6.07, 6.45) is 1.55. The van der Waals surface area contributed by atoms with Crippen LogP contribution < -0.4 is 15.8 Å². The fraction of sp³-hybridized carbons (Fsp3) is 0.250. The van der Waals surface area contributed by atoms with Crippen molar-refractivity contribution in [2.75, 3.05) is 43.6 Å². The minimum atomic E-state index is -0.690. The van der Waals surface area contributed by atoms with Crippen molar-refractivity contribution in [3.05, 3.63) is 57.0 Å². The summed E-state index contributed by atoms with van der Waals surface area (Å²) >= 11 is 6.12. The van der Waals surface area contributed by atoms with E-state index in [-0.39, 0.29) is 21.8 Å². The van der Waals surface area contributed by atoms with Gasteiger partial charge in [-0.05, 0) is 24.3 Å². The van der Waals surface area contributed by atoms with E-state index in [0.717, 1.165) is 0 Å². The van der Waals surface area contributed by atoms with Gasteiger partial charge in [-0.2, -0.15) is 4.98 Å². The molecule has 31 heavy (non-hydrogen) atoms. The van der Waals surface area contributed by atoms with Crippen LogP contribution in [-0.4, -0.2) is 60.2 Å². The zero-order chi connectivity index (χ0) is 22.0. The molecule has 0 spiro atoms. The molecule has 0 unspecified atom stereocenters. The van der Waals surface area contributed by atoms with Crippen molar-refractivity contribution < 1.29 is 19.1 Å². The van der Waals surface area contributed by atoms with Gasteiger partial charge in [0.2, 0.25) is 5.95 Å². The first-order valence-electron chi connectivity index (χ1n) is 9.38. The van der Waals surface area contributed by atoms with Gasteiger partial charge in [0, 0.05) is 24.7 Å². The fourth-order valence-corrected chi connectivity index (χ4v) is 3.29. The molecule has 0 atom stereocenters. The number of hydrogen-bond acceptors (Lipinski definition) is 8. The van der Waals surface area contributed by atoms with Crippen molar-refractivity contribution in [1.29, 1.82) is 0 Å². The van der Waals surface area contributed by atoms with E-state index in [1.165, 1.54) is 31.4 Å². The zero-order valence-corrected chi connectivity index (χ0v) is 17.2. The first-order chi connectivity index (χ1) is 15.0. The number of benzene rings is 1. The zero-order valence-electron chi connectivity index (χ0n) is 16.5. The molecule has 1 aromatic carbocycles. The highest BCUT2D eigenvalue weighted by atomic mass is 35.5. The van der Waals surface area contributed by atoms with Gasteiger partial charge in [0.1, 0.15) is 11.2 Å². The van der Waals surface area contributed by atoms with Crippen molar-refractivity contribution in [3.63, 3.8) is 0 Å². The minimum absolute atomic E-state index is 0.144. The number of esters is 1. The summed E-state index contributed by atoms with van der Waals surface area (Å²) in [6.45, 7) is 2.47. The number of amides is 1. The Morgan fingerprint density at radius 1 is 1.26 bits per heavy atom. The van der Waals surface area contributed by atoms with Crippen LogP contribution in [0.15, 0.2) is 35.3 Å². The lowest BCUT2D eigenvalue weighted by Crippen LogP contribution is -2.37. The standard InChI is InChI=1S/C20H18ClN5O5/c1-30-19(29)11-2-3-14(21)15(9-11)23-17(27)13-8-12-10-22-20(25-16(12)24-18(13)28)26-4-6-31-7-5-26/h2-3,8-10H,4-7H2,1H3,(H,23,27)(H,22,24,25,28). The Kier molecular flexibility index (Phi) is 5.83. The molecule has 1 fully saturated rings. The molecule has 3 aromatic rings. The number of carbonyl (C=O) groups excluding carboxylic acids is 2. The molecule has 3 heterocycles. The summed E-state index contributed by atoms with van der Waals surface area (Å²) in [5.41, 5.74) is -0.0537. The smallest absolute Gasteiger partial charge is 0.337 e. The van der Waals surface area contributed by atoms with Crippen LogP contribution in [0.25, 0.3) is 11.0 Å². The van der Waals surface area contributed by atoms with Gasteiger partial charge in [0.25, 0.3) is 11.5 Å². The van der Waals surface area contributed by atoms with Crippen LogP contribution in [0.1, 0.15) is 20.7 Å². The lowest BCUT2D eigenvalue weighted by molar-refractivity contribution is 0.0600. The number of nitrogens with zero attached hydrogens (tertiary/aromatic N) is 3. The molecular formula is C20H18ClN5O5. The lowest BCUT2D eigenvalue weighted by Gasteiger charge is -2.26. The van der Waals surface area contributed by atoms with E-state index in [9.17, 15) is 14.4 Å². The van der Waals surface area contributed by atoms with Gasteiger partial charge in [-0.1, -0.05) is 11.6 Å². The topological polar surface area (TPSA) is 127 Å². The van der Waals surface area contributed by atoms with E-state index in [0.29, 0.717) is 43.3 Å². The number of rotatable bonds is 4. The Morgan fingerprint density at radius 3 is 2.77 bits per heavy atom. The quantitative estimate of drug-likeness (QED) is 0.585. The summed E-state index contributed by atoms with van der Waals surface area (Å²) in [7, 11) is 1.25. The van der Waals surface area contributed by atoms with Gasteiger partial charge in [-0.3, -0.25) is 9.59 Å². The number of nitrogens with one attached hydrogen (secondary N) is 2. The second-order valence-electron chi connectivity index (χ2n) is 6.73. The molecule has 0 bridgehead atoms. The molecule has 10 nitrogen and oxygen atoms in total. The molecule has 0 saturated carbocycles. The third-order valence-corrected chi connectivity index (χ3v) is 5.08. The summed E-state index contributed by atoms with van der Waals surface area (Å²) < 4.78 is 9.99. The Bertz CT molecular complexity index is 1220. The number of aromatic amines is 1. The fourth-order valence-electron chi connectivity index (χ4n) is 3.12. The maximum atomic E-state index is 12.7. The number of halogens is 1. The average Bonchev–Trinajstić information content (AvgIpc) is 2.79. The molecule has 1 saturated heterocycles. The van der Waals surface area contributed by atoms with E-state index in [1.807, 2.05) is 4.90 Å². The van der Waals surface area contributed by atoms with Crippen LogP contribution in [0.3, 0.4) is 0 Å². The van der Waals surface area contributed by atoms with Gasteiger partial charge in [-0.15, -0.1) is 0 Å². The maximum absolute atomic E-state index is 12.7. The van der Waals surface area contributed by atoms with Crippen molar-refractivity contribution in [1.82, 2.24) is 15.0 Å². The average molecular weight is 444 g/mol. The van der Waals surface area contributed by atoms with Crippen LogP contribution in [0.4, 0.5) is 11.6 Å². The Balaban J connectivity index is 1.62. The van der Waals surface area contributed by atoms with Crippen LogP contribution in [0.5, 0.6) is 0 Å². The predicted molar refractivity (Wildman–Crippen MR) is 114 cm³/mol. The number of fused-ring (bicyclic) bond motifs is 1. The summed E-state index contributed by atoms with van der Waals surface area (Å²) in [5, 5.41) is 3.25. The first kappa shape index (κ1) is 20.8. The van der Waals surface area contributed by atoms with Crippen LogP contribution in [0, 0.1) is 0 Å². The van der Waals surface area contributed by atoms with Gasteiger partial charge in [0.15, 0.2) is 0 Å². The van der Waals surface area contributed by atoms with Crippen LogP contribution in [-0.2, 0) is 9.47 Å². The summed E-state index contributed by atoms with van der Waals surface area (Å²) in [5.74, 6) is -0.789. The number of carbonyl (C=O) groups is 2. The van der Waals surface area contributed by atoms with E-state index in [2.05, 4.69) is 25.0 Å². The van der Waals surface area contributed by atoms with Crippen molar-refractivity contribution in [2.24, 2.45) is 0 Å². The van der Waals surface area contributed by atoms with Crippen molar-refractivity contribution >= 4 is 46.1 Å². The molecular weight excluding hydrogens is 426 g/mol. The Morgan fingerprint density at radius 2 is 2.03 bits per heavy atom. The van der Waals surface area contributed by atoms with Crippen LogP contribution in [0.2, 0.25) is 5.02 Å². The van der Waals surface area contributed by atoms with E-state index in [4.69, 9.17) is 16.3 Å². The molecule has 2 N–H and O–H groups in total. The monoisotopic (exact) mass is 443 g/mol. The minimum Gasteiger partial charge on any atom is -0.465 e. The number of methoxy groups -OCH3 is 1. The largest absolute Gasteiger partial charge is 0.465 e. The third kappa shape index (κ3) is 4.35. The highest BCUT2D eigenvalue weighted by Gasteiger charge is 2.18. The first-order valence-corrected chi connectivity index (χ1v) is 9.76. The summed E-state index contributed by atoms with van der Waals surface area (Å²) in [4.78, 5) is 50.3. The number of ether oxygens (including phenoxy) is 2. The van der Waals surface area contributed by atoms with E-state index >= 15 is 0 Å². The lowest BCUT2D eigenvalue weighted by atomic mass is 10.1. The molecule has 1 amide bonds. The van der Waals surface area contributed by atoms with E-state index in [1.54, 1.807) is 6.20 Å². The van der Waals surface area contributed by atoms with Crippen molar-refractivity contribution in [2.45, 2.75) is 0 Å². The van der Waals surface area contributed by atoms with Crippen LogP contribution >= 0.6 is 11.6 Å². The normalized spacial score (nSPS) is 13.8. The van der Waals surface area contributed by atoms with Gasteiger partial charge >= 0.3 is 5.97 Å². The summed E-state index contributed by atoms with van der Waals surface area (Å²) in [6, 6.07) is 5.70. The molecule has 4 rings (SSSR count). The number of pyridine rings is 1. The maximum Gasteiger partial charge on any atom is 0.337 e. The molecule has 0 radical (unpaired) electrons. The molecule has 0 aliphatic carbocycles. The molecule has 1 aliphatic heterocycles. The SMILES string of the molecule is COC(=O)c1ccc(Cl)c(NC(=O)c2cc3cnc(N4CCOCC4)nc3[nH]c2=O)c1. The Labute approximate surface area is 181 Å². The molecule has 160 valence electrons. The molecule has 11 heteroatoms. The number of morpholine rings is 1. The second kappa shape index (κ2) is 8.70. The molecule has 2 aromatic heterocycles. The number of H-pyrrole nitrogens is 1. The highest BCUT2D eigenvalue weighted by Crippen LogP contribution is 2.24. The predicted octanol–water partition coefficient (Wildman–Crippen LogP) is 1.85. The van der Waals surface area contributed by atoms with Gasteiger partial charge in [0.05, 0.1) is 36.6 Å². The Hall–Kier alpha value is -3.50. The van der Waals surface area contributed by atoms with E-state index < -0.39 is 17.4 Å². The highest BCUT2D eigenvalue weighted by molar-refractivity contribution is 6.34. The van der Waals surface area contributed by atoms with Gasteiger partial charge < -0.3 is 24.7 Å². The van der Waals surface area contributed by atoms with Gasteiger partial charge in [-0.25, -0.2) is 9.78 Å². The molecule has 1 aliphatic rings. The third-order valence-electron chi connectivity index (χ3n) is 4.75. The van der Waals surface area contributed by atoms with Crippen molar-refractivity contribution in [3.8, 4) is 0 Å². The second-order valence-corrected chi connectivity index (χ2v) is 7.13. The number of aromatic nitrogens is 3. The number of anilines is 2.